The number of nitrogens with one attached hydrogen (secondary N) is 1. The Morgan fingerprint density at radius 3 is 2.47 bits per heavy atom. The highest BCUT2D eigenvalue weighted by molar-refractivity contribution is 7.19. The molecule has 1 fully saturated rings. The first-order valence-corrected chi connectivity index (χ1v) is 14.2. The molecule has 2 amide bonds. The van der Waals surface area contributed by atoms with Gasteiger partial charge in [0.15, 0.2) is 0 Å². The topological polar surface area (TPSA) is 57.6 Å². The maximum Gasteiger partial charge on any atom is 0.271 e. The Morgan fingerprint density at radius 1 is 1.12 bits per heavy atom. The van der Waals surface area contributed by atoms with E-state index in [1.54, 1.807) is 11.3 Å². The van der Waals surface area contributed by atoms with Gasteiger partial charge in [0.25, 0.3) is 5.91 Å². The third-order valence-corrected chi connectivity index (χ3v) is 8.88. The SMILES string of the molecule is CCCN(CCC)CCN1C(=O)c2cc3sc(CC)cc3n2C[C@]1(C)C(=O)NC1CCCCC1. The highest BCUT2D eigenvalue weighted by Crippen LogP contribution is 2.36. The lowest BCUT2D eigenvalue weighted by atomic mass is 9.91. The normalized spacial score (nSPS) is 21.4. The van der Waals surface area contributed by atoms with Crippen molar-refractivity contribution in [2.45, 2.75) is 97.2 Å². The summed E-state index contributed by atoms with van der Waals surface area (Å²) in [4.78, 5) is 33.3. The molecule has 2 aromatic heterocycles. The third-order valence-electron chi connectivity index (χ3n) is 7.66. The van der Waals surface area contributed by atoms with Crippen molar-refractivity contribution >= 4 is 33.4 Å². The first-order chi connectivity index (χ1) is 16.4. The first kappa shape index (κ1) is 25.2. The average molecular weight is 487 g/mol. The highest BCUT2D eigenvalue weighted by Gasteiger charge is 2.48. The predicted octanol–water partition coefficient (Wildman–Crippen LogP) is 5.05. The third kappa shape index (κ3) is 4.92. The summed E-state index contributed by atoms with van der Waals surface area (Å²) in [5, 5.41) is 3.35. The molecule has 0 spiro atoms. The zero-order valence-corrected chi connectivity index (χ0v) is 22.3. The van der Waals surface area contributed by atoms with Gasteiger partial charge < -0.3 is 19.7 Å². The quantitative estimate of drug-likeness (QED) is 0.511. The molecule has 3 heterocycles. The predicted molar refractivity (Wildman–Crippen MR) is 141 cm³/mol. The molecule has 4 rings (SSSR count). The van der Waals surface area contributed by atoms with Crippen molar-refractivity contribution in [3.05, 3.63) is 22.7 Å². The van der Waals surface area contributed by atoms with Gasteiger partial charge in [-0.15, -0.1) is 11.3 Å². The fourth-order valence-electron chi connectivity index (χ4n) is 5.71. The van der Waals surface area contributed by atoms with Crippen LogP contribution in [-0.2, 0) is 17.8 Å². The van der Waals surface area contributed by atoms with Crippen LogP contribution in [0.25, 0.3) is 10.2 Å². The smallest absolute Gasteiger partial charge is 0.271 e. The molecular formula is C27H42N4O2S. The minimum absolute atomic E-state index is 0.00345. The number of rotatable bonds is 10. The maximum atomic E-state index is 13.9. The fourth-order valence-corrected chi connectivity index (χ4v) is 6.75. The number of aryl methyl sites for hydroxylation is 1. The summed E-state index contributed by atoms with van der Waals surface area (Å²) < 4.78 is 3.26. The number of hydrogen-bond acceptors (Lipinski definition) is 4. The second-order valence-corrected chi connectivity index (χ2v) is 11.5. The second kappa shape index (κ2) is 10.8. The van der Waals surface area contributed by atoms with Crippen molar-refractivity contribution in [3.63, 3.8) is 0 Å². The van der Waals surface area contributed by atoms with E-state index in [1.165, 1.54) is 24.1 Å². The highest BCUT2D eigenvalue weighted by atomic mass is 32.1. The molecule has 0 aromatic carbocycles. The number of carbonyl (C=O) groups excluding carboxylic acids is 2. The largest absolute Gasteiger partial charge is 0.351 e. The molecule has 1 aliphatic heterocycles. The Kier molecular flexibility index (Phi) is 8.03. The van der Waals surface area contributed by atoms with E-state index in [1.807, 2.05) is 17.9 Å². The van der Waals surface area contributed by atoms with Crippen LogP contribution in [0, 0.1) is 0 Å². The second-order valence-electron chi connectivity index (χ2n) is 10.3. The molecule has 0 radical (unpaired) electrons. The van der Waals surface area contributed by atoms with Gasteiger partial charge in [-0.05, 0) is 64.3 Å². The monoisotopic (exact) mass is 486 g/mol. The number of hydrogen-bond donors (Lipinski definition) is 1. The van der Waals surface area contributed by atoms with Gasteiger partial charge in [0.2, 0.25) is 5.91 Å². The average Bonchev–Trinajstić information content (AvgIpc) is 3.38. The Hall–Kier alpha value is -1.86. The zero-order valence-electron chi connectivity index (χ0n) is 21.5. The molecule has 6 nitrogen and oxygen atoms in total. The van der Waals surface area contributed by atoms with Crippen LogP contribution in [0.1, 0.15) is 88.0 Å². The van der Waals surface area contributed by atoms with Crippen LogP contribution in [0.2, 0.25) is 0 Å². The summed E-state index contributed by atoms with van der Waals surface area (Å²) in [5.74, 6) is -0.00864. The molecule has 1 saturated carbocycles. The van der Waals surface area contributed by atoms with Gasteiger partial charge in [0, 0.05) is 24.0 Å². The van der Waals surface area contributed by atoms with Gasteiger partial charge >= 0.3 is 0 Å². The van der Waals surface area contributed by atoms with Crippen LogP contribution in [0.4, 0.5) is 0 Å². The summed E-state index contributed by atoms with van der Waals surface area (Å²) in [6, 6.07) is 4.48. The van der Waals surface area contributed by atoms with E-state index in [-0.39, 0.29) is 17.9 Å². The van der Waals surface area contributed by atoms with Crippen LogP contribution in [0.5, 0.6) is 0 Å². The summed E-state index contributed by atoms with van der Waals surface area (Å²) >= 11 is 1.76. The number of aromatic nitrogens is 1. The van der Waals surface area contributed by atoms with E-state index < -0.39 is 5.54 Å². The number of nitrogens with zero attached hydrogens (tertiary/aromatic N) is 3. The summed E-state index contributed by atoms with van der Waals surface area (Å²) in [6.07, 6.45) is 8.84. The number of fused-ring (bicyclic) bond motifs is 3. The molecule has 34 heavy (non-hydrogen) atoms. The summed E-state index contributed by atoms with van der Waals surface area (Å²) in [7, 11) is 0. The van der Waals surface area contributed by atoms with Crippen molar-refractivity contribution in [3.8, 4) is 0 Å². The molecule has 1 atom stereocenters. The van der Waals surface area contributed by atoms with Gasteiger partial charge in [-0.25, -0.2) is 0 Å². The lowest BCUT2D eigenvalue weighted by molar-refractivity contribution is -0.133. The standard InChI is InChI=1S/C27H42N4O2S/c1-5-13-29(14-6-2)15-16-31-25(32)23-18-24-22(17-21(7-3)34-24)30(23)19-27(31,4)26(33)28-20-11-9-8-10-12-20/h17-18,20H,5-16,19H2,1-4H3,(H,28,33)/t27-/m1/s1. The van der Waals surface area contributed by atoms with Gasteiger partial charge in [-0.1, -0.05) is 40.0 Å². The van der Waals surface area contributed by atoms with Crippen molar-refractivity contribution in [1.29, 1.82) is 0 Å². The molecule has 7 heteroatoms. The molecule has 0 saturated heterocycles. The molecule has 2 aromatic rings. The lowest BCUT2D eigenvalue weighted by Gasteiger charge is -2.45. The van der Waals surface area contributed by atoms with Crippen LogP contribution in [0.15, 0.2) is 12.1 Å². The minimum atomic E-state index is -0.897. The Balaban J connectivity index is 1.65. The van der Waals surface area contributed by atoms with Crippen molar-refractivity contribution in [2.75, 3.05) is 26.2 Å². The summed E-state index contributed by atoms with van der Waals surface area (Å²) in [6.45, 7) is 12.5. The van der Waals surface area contributed by atoms with Gasteiger partial charge in [0.1, 0.15) is 11.2 Å². The van der Waals surface area contributed by atoms with Crippen molar-refractivity contribution in [2.24, 2.45) is 0 Å². The van der Waals surface area contributed by atoms with Crippen LogP contribution in [-0.4, -0.2) is 63.9 Å². The van der Waals surface area contributed by atoms with Crippen LogP contribution in [0.3, 0.4) is 0 Å². The Bertz CT molecular complexity index is 1000. The van der Waals surface area contributed by atoms with Gasteiger partial charge in [-0.2, -0.15) is 0 Å². The van der Waals surface area contributed by atoms with E-state index >= 15 is 0 Å². The lowest BCUT2D eigenvalue weighted by Crippen LogP contribution is -2.65. The number of amides is 2. The van der Waals surface area contributed by atoms with E-state index in [4.69, 9.17) is 0 Å². The zero-order chi connectivity index (χ0) is 24.3. The molecule has 1 aliphatic carbocycles. The van der Waals surface area contributed by atoms with Gasteiger partial charge in [0.05, 0.1) is 16.8 Å². The van der Waals surface area contributed by atoms with E-state index in [0.717, 1.165) is 67.6 Å². The maximum absolute atomic E-state index is 13.9. The molecule has 1 N–H and O–H groups in total. The molecule has 0 unspecified atom stereocenters. The van der Waals surface area contributed by atoms with E-state index in [9.17, 15) is 9.59 Å². The number of carbonyl (C=O) groups is 2. The minimum Gasteiger partial charge on any atom is -0.351 e. The molecule has 2 aliphatic rings. The first-order valence-electron chi connectivity index (χ1n) is 13.4. The van der Waals surface area contributed by atoms with E-state index in [2.05, 4.69) is 41.6 Å². The van der Waals surface area contributed by atoms with Crippen LogP contribution >= 0.6 is 11.3 Å². The Morgan fingerprint density at radius 2 is 1.82 bits per heavy atom. The molecular weight excluding hydrogens is 444 g/mol. The molecule has 0 bridgehead atoms. The van der Waals surface area contributed by atoms with E-state index in [0.29, 0.717) is 13.1 Å². The molecule has 188 valence electrons. The van der Waals surface area contributed by atoms with Gasteiger partial charge in [-0.3, -0.25) is 9.59 Å². The summed E-state index contributed by atoms with van der Waals surface area (Å²) in [5.41, 5.74) is 0.927. The van der Waals surface area contributed by atoms with Crippen molar-refractivity contribution < 1.29 is 9.59 Å². The fraction of sp³-hybridized carbons (Fsp3) is 0.704. The number of thiophene rings is 1. The van der Waals surface area contributed by atoms with Crippen LogP contribution < -0.4 is 5.32 Å². The Labute approximate surface area is 208 Å². The van der Waals surface area contributed by atoms with Crippen molar-refractivity contribution in [1.82, 2.24) is 19.7 Å².